The number of nitrogens with two attached hydrogens (primary N) is 1. The number of alkyl carbamates (subject to hydrolysis) is 1. The Morgan fingerprint density at radius 3 is 2.50 bits per heavy atom. The average molecular weight is 485 g/mol. The number of methoxy groups -OCH3 is 2. The summed E-state index contributed by atoms with van der Waals surface area (Å²) in [7, 11) is -1.85. The molecule has 4 N–H and O–H groups in total. The third-order valence-electron chi connectivity index (χ3n) is 3.81. The number of carbonyl (C=O) groups excluding carboxylic acids is 2. The summed E-state index contributed by atoms with van der Waals surface area (Å²) in [4.78, 5) is 26.9. The van der Waals surface area contributed by atoms with E-state index in [0.717, 1.165) is 7.11 Å². The number of anilines is 1. The number of guanidine groups is 1. The van der Waals surface area contributed by atoms with Gasteiger partial charge in [-0.15, -0.1) is 0 Å². The van der Waals surface area contributed by atoms with Crippen LogP contribution in [0.2, 0.25) is 5.02 Å². The monoisotopic (exact) mass is 484 g/mol. The fourth-order valence-electron chi connectivity index (χ4n) is 2.29. The number of aryl methyl sites for hydroxylation is 1. The number of carbonyl (C=O) groups is 2. The number of hydrogen-bond donors (Lipinski definition) is 3. The quantitative estimate of drug-likeness (QED) is 0.306. The van der Waals surface area contributed by atoms with Gasteiger partial charge in [-0.2, -0.15) is 8.42 Å². The molecule has 0 aliphatic carbocycles. The Balaban J connectivity index is 2.45. The van der Waals surface area contributed by atoms with E-state index >= 15 is 0 Å². The third-order valence-corrected chi connectivity index (χ3v) is 5.45. The maximum Gasteiger partial charge on any atom is 0.413 e. The van der Waals surface area contributed by atoms with Gasteiger partial charge in [-0.1, -0.05) is 17.7 Å². The number of aliphatic imine (C=N–C) groups is 1. The standard InChI is InChI=1S/C19H21ClN4O7S/c1-11-4-6-13(9-14(11)20)32(27,28)31-16-8-12(22-18(21)24-19(26)30-3)5-7-15(16)23-17(25)10-29-2/h4-9H,10H2,1-3H3,(H,23,25)(H3,21,22,24,26). The molecule has 0 aliphatic rings. The minimum absolute atomic E-state index is 0.0345. The van der Waals surface area contributed by atoms with Crippen molar-refractivity contribution in [3.05, 3.63) is 47.0 Å². The van der Waals surface area contributed by atoms with Gasteiger partial charge in [0.05, 0.1) is 18.5 Å². The first kappa shape index (κ1) is 24.9. The molecule has 0 fully saturated rings. The van der Waals surface area contributed by atoms with Crippen molar-refractivity contribution in [1.29, 1.82) is 0 Å². The number of benzene rings is 2. The van der Waals surface area contributed by atoms with E-state index in [-0.39, 0.29) is 39.6 Å². The van der Waals surface area contributed by atoms with Crippen molar-refractivity contribution in [2.75, 3.05) is 26.1 Å². The normalized spacial score (nSPS) is 11.6. The molecule has 32 heavy (non-hydrogen) atoms. The van der Waals surface area contributed by atoms with Crippen LogP contribution in [-0.4, -0.2) is 47.2 Å². The molecule has 13 heteroatoms. The van der Waals surface area contributed by atoms with Crippen LogP contribution in [0.3, 0.4) is 0 Å². The molecule has 2 rings (SSSR count). The highest BCUT2D eigenvalue weighted by atomic mass is 35.5. The number of rotatable bonds is 7. The fraction of sp³-hybridized carbons (Fsp3) is 0.211. The molecule has 2 aromatic carbocycles. The molecule has 0 spiro atoms. The highest BCUT2D eigenvalue weighted by molar-refractivity contribution is 7.87. The summed E-state index contributed by atoms with van der Waals surface area (Å²) in [6.45, 7) is 1.45. The predicted octanol–water partition coefficient (Wildman–Crippen LogP) is 2.30. The second-order valence-electron chi connectivity index (χ2n) is 6.22. The Bertz CT molecular complexity index is 1150. The zero-order valence-corrected chi connectivity index (χ0v) is 18.9. The zero-order chi connectivity index (χ0) is 23.9. The SMILES string of the molecule is COCC(=O)Nc1ccc(N=C(N)NC(=O)OC)cc1OS(=O)(=O)c1ccc(C)c(Cl)c1. The minimum atomic E-state index is -4.33. The van der Waals surface area contributed by atoms with Gasteiger partial charge in [-0.05, 0) is 36.8 Å². The largest absolute Gasteiger partial charge is 0.453 e. The molecule has 0 saturated carbocycles. The summed E-state index contributed by atoms with van der Waals surface area (Å²) in [5.41, 5.74) is 6.46. The minimum Gasteiger partial charge on any atom is -0.453 e. The lowest BCUT2D eigenvalue weighted by molar-refractivity contribution is -0.119. The van der Waals surface area contributed by atoms with E-state index in [9.17, 15) is 18.0 Å². The van der Waals surface area contributed by atoms with Gasteiger partial charge in [0.25, 0.3) is 0 Å². The summed E-state index contributed by atoms with van der Waals surface area (Å²) >= 11 is 6.03. The lowest BCUT2D eigenvalue weighted by atomic mass is 10.2. The summed E-state index contributed by atoms with van der Waals surface area (Å²) in [5, 5.41) is 4.87. The van der Waals surface area contributed by atoms with Crippen LogP contribution in [0.1, 0.15) is 5.56 Å². The van der Waals surface area contributed by atoms with Gasteiger partial charge < -0.3 is 24.7 Å². The van der Waals surface area contributed by atoms with Crippen LogP contribution in [0.15, 0.2) is 46.3 Å². The second-order valence-corrected chi connectivity index (χ2v) is 8.18. The van der Waals surface area contributed by atoms with Gasteiger partial charge in [-0.25, -0.2) is 9.79 Å². The molecule has 0 unspecified atom stereocenters. The molecular weight excluding hydrogens is 464 g/mol. The maximum absolute atomic E-state index is 12.8. The second kappa shape index (κ2) is 10.8. The Morgan fingerprint density at radius 1 is 1.16 bits per heavy atom. The van der Waals surface area contributed by atoms with Gasteiger partial charge in [0, 0.05) is 18.2 Å². The van der Waals surface area contributed by atoms with E-state index < -0.39 is 22.1 Å². The lowest BCUT2D eigenvalue weighted by Gasteiger charge is -2.14. The van der Waals surface area contributed by atoms with Crippen LogP contribution in [0.25, 0.3) is 0 Å². The van der Waals surface area contributed by atoms with Crippen molar-refractivity contribution in [3.8, 4) is 5.75 Å². The molecule has 0 radical (unpaired) electrons. The van der Waals surface area contributed by atoms with Crippen molar-refractivity contribution in [1.82, 2.24) is 5.32 Å². The summed E-state index contributed by atoms with van der Waals surface area (Å²) in [5.74, 6) is -1.11. The van der Waals surface area contributed by atoms with Crippen LogP contribution in [0.4, 0.5) is 16.2 Å². The van der Waals surface area contributed by atoms with E-state index in [0.29, 0.717) is 5.56 Å². The van der Waals surface area contributed by atoms with Gasteiger partial charge in [0.1, 0.15) is 11.5 Å². The number of hydrogen-bond acceptors (Lipinski definition) is 8. The van der Waals surface area contributed by atoms with Crippen molar-refractivity contribution in [2.24, 2.45) is 10.7 Å². The molecule has 172 valence electrons. The van der Waals surface area contributed by atoms with Crippen LogP contribution in [0.5, 0.6) is 5.75 Å². The first-order valence-electron chi connectivity index (χ1n) is 8.88. The molecule has 0 bridgehead atoms. The maximum atomic E-state index is 12.8. The highest BCUT2D eigenvalue weighted by Crippen LogP contribution is 2.33. The average Bonchev–Trinajstić information content (AvgIpc) is 2.71. The highest BCUT2D eigenvalue weighted by Gasteiger charge is 2.21. The number of amides is 2. The van der Waals surface area contributed by atoms with E-state index in [4.69, 9.17) is 26.3 Å². The van der Waals surface area contributed by atoms with Crippen molar-refractivity contribution < 1.29 is 31.7 Å². The van der Waals surface area contributed by atoms with Crippen molar-refractivity contribution >= 4 is 51.1 Å². The molecule has 2 amide bonds. The molecule has 0 atom stereocenters. The van der Waals surface area contributed by atoms with Crippen LogP contribution < -0.4 is 20.6 Å². The summed E-state index contributed by atoms with van der Waals surface area (Å²) < 4.78 is 40.0. The molecule has 2 aromatic rings. The first-order valence-corrected chi connectivity index (χ1v) is 10.7. The Hall–Kier alpha value is -3.35. The molecular formula is C19H21ClN4O7S. The molecule has 11 nitrogen and oxygen atoms in total. The van der Waals surface area contributed by atoms with Gasteiger partial charge >= 0.3 is 16.2 Å². The van der Waals surface area contributed by atoms with Crippen LogP contribution in [-0.2, 0) is 24.4 Å². The molecule has 0 aromatic heterocycles. The molecule has 0 saturated heterocycles. The predicted molar refractivity (Wildman–Crippen MR) is 118 cm³/mol. The van der Waals surface area contributed by atoms with E-state index in [2.05, 4.69) is 20.4 Å². The Morgan fingerprint density at radius 2 is 1.88 bits per heavy atom. The summed E-state index contributed by atoms with van der Waals surface area (Å²) in [6, 6.07) is 8.08. The van der Waals surface area contributed by atoms with Gasteiger partial charge in [0.15, 0.2) is 5.75 Å². The van der Waals surface area contributed by atoms with Crippen molar-refractivity contribution in [3.63, 3.8) is 0 Å². The molecule has 0 aliphatic heterocycles. The lowest BCUT2D eigenvalue weighted by Crippen LogP contribution is -2.36. The van der Waals surface area contributed by atoms with Crippen LogP contribution in [0, 0.1) is 6.92 Å². The smallest absolute Gasteiger partial charge is 0.413 e. The van der Waals surface area contributed by atoms with Crippen molar-refractivity contribution in [2.45, 2.75) is 11.8 Å². The first-order chi connectivity index (χ1) is 15.1. The number of ether oxygens (including phenoxy) is 2. The van der Waals surface area contributed by atoms with Crippen LogP contribution >= 0.6 is 11.6 Å². The van der Waals surface area contributed by atoms with Gasteiger partial charge in [0.2, 0.25) is 11.9 Å². The zero-order valence-electron chi connectivity index (χ0n) is 17.3. The fourth-order valence-corrected chi connectivity index (χ4v) is 3.50. The number of nitrogens with one attached hydrogen (secondary N) is 2. The third kappa shape index (κ3) is 6.83. The van der Waals surface area contributed by atoms with E-state index in [1.165, 1.54) is 43.5 Å². The number of nitrogens with zero attached hydrogens (tertiary/aromatic N) is 1. The van der Waals surface area contributed by atoms with E-state index in [1.54, 1.807) is 6.92 Å². The van der Waals surface area contributed by atoms with E-state index in [1.807, 2.05) is 0 Å². The summed E-state index contributed by atoms with van der Waals surface area (Å²) in [6.07, 6.45) is -0.843. The van der Waals surface area contributed by atoms with Gasteiger partial charge in [-0.3, -0.25) is 10.1 Å². The Kier molecular flexibility index (Phi) is 8.41. The molecule has 0 heterocycles. The number of halogens is 1. The topological polar surface area (TPSA) is 158 Å². The Labute approximate surface area is 189 Å².